The highest BCUT2D eigenvalue weighted by molar-refractivity contribution is 5.93. The number of methoxy groups -OCH3 is 1. The number of carbonyl (C=O) groups is 1. The number of ether oxygens (including phenoxy) is 1. The van der Waals surface area contributed by atoms with Crippen LogP contribution in [0.1, 0.15) is 10.4 Å². The predicted octanol–water partition coefficient (Wildman–Crippen LogP) is 1.56. The zero-order valence-electron chi connectivity index (χ0n) is 7.90. The molecular weight excluding hydrogens is 199 g/mol. The first-order valence-corrected chi connectivity index (χ1v) is 4.21. The summed E-state index contributed by atoms with van der Waals surface area (Å²) in [6.07, 6.45) is 1.03. The van der Waals surface area contributed by atoms with Gasteiger partial charge in [0.25, 0.3) is 0 Å². The molecule has 0 aliphatic carbocycles. The van der Waals surface area contributed by atoms with E-state index in [1.165, 1.54) is 13.2 Å². The maximum Gasteiger partial charge on any atom is 0.337 e. The zero-order valence-corrected chi connectivity index (χ0v) is 7.90. The Balaban J connectivity index is 2.59. The molecule has 0 radical (unpaired) electrons. The average molecular weight is 206 g/mol. The number of fused-ring (bicyclic) bond motifs is 1. The highest BCUT2D eigenvalue weighted by Crippen LogP contribution is 2.12. The highest BCUT2D eigenvalue weighted by atomic mass is 19.1. The number of hydrogen-bond acceptors (Lipinski definition) is 4. The fourth-order valence-corrected chi connectivity index (χ4v) is 1.23. The Morgan fingerprint density at radius 3 is 2.93 bits per heavy atom. The van der Waals surface area contributed by atoms with Crippen LogP contribution in [-0.4, -0.2) is 23.0 Å². The smallest absolute Gasteiger partial charge is 0.337 e. The van der Waals surface area contributed by atoms with Crippen LogP contribution in [-0.2, 0) is 4.74 Å². The van der Waals surface area contributed by atoms with Crippen LogP contribution in [0.5, 0.6) is 0 Å². The SMILES string of the molecule is COC(=O)c1ccc2ncc(F)nc2c1. The van der Waals surface area contributed by atoms with E-state index in [0.717, 1.165) is 6.20 Å². The van der Waals surface area contributed by atoms with Gasteiger partial charge in [-0.05, 0) is 18.2 Å². The minimum absolute atomic E-state index is 0.324. The molecule has 1 heterocycles. The van der Waals surface area contributed by atoms with Crippen molar-refractivity contribution in [3.63, 3.8) is 0 Å². The summed E-state index contributed by atoms with van der Waals surface area (Å²) in [4.78, 5) is 18.6. The quantitative estimate of drug-likeness (QED) is 0.664. The summed E-state index contributed by atoms with van der Waals surface area (Å²) in [5.74, 6) is -1.16. The van der Waals surface area contributed by atoms with Crippen LogP contribution in [0.4, 0.5) is 4.39 Å². The first-order chi connectivity index (χ1) is 7.20. The molecule has 15 heavy (non-hydrogen) atoms. The molecule has 2 rings (SSSR count). The Hall–Kier alpha value is -2.04. The second kappa shape index (κ2) is 3.61. The molecule has 0 atom stereocenters. The lowest BCUT2D eigenvalue weighted by Gasteiger charge is -2.00. The van der Waals surface area contributed by atoms with Crippen LogP contribution in [0.15, 0.2) is 24.4 Å². The third-order valence-corrected chi connectivity index (χ3v) is 1.93. The standard InChI is InChI=1S/C10H7FN2O2/c1-15-10(14)6-2-3-7-8(4-6)13-9(11)5-12-7/h2-5H,1H3. The van der Waals surface area contributed by atoms with E-state index >= 15 is 0 Å². The lowest BCUT2D eigenvalue weighted by atomic mass is 10.2. The van der Waals surface area contributed by atoms with Crippen molar-refractivity contribution in [3.05, 3.63) is 35.9 Å². The van der Waals surface area contributed by atoms with E-state index in [9.17, 15) is 9.18 Å². The van der Waals surface area contributed by atoms with Gasteiger partial charge in [-0.25, -0.2) is 14.8 Å². The monoisotopic (exact) mass is 206 g/mol. The van der Waals surface area contributed by atoms with Gasteiger partial charge >= 0.3 is 5.97 Å². The van der Waals surface area contributed by atoms with Gasteiger partial charge in [0, 0.05) is 0 Å². The summed E-state index contributed by atoms with van der Waals surface area (Å²) in [6.45, 7) is 0. The van der Waals surface area contributed by atoms with Gasteiger partial charge in [0.15, 0.2) is 0 Å². The van der Waals surface area contributed by atoms with Crippen molar-refractivity contribution >= 4 is 17.0 Å². The third-order valence-electron chi connectivity index (χ3n) is 1.93. The van der Waals surface area contributed by atoms with E-state index < -0.39 is 11.9 Å². The van der Waals surface area contributed by atoms with Crippen LogP contribution in [0, 0.1) is 5.95 Å². The van der Waals surface area contributed by atoms with Crippen molar-refractivity contribution < 1.29 is 13.9 Å². The molecule has 0 amide bonds. The molecule has 2 aromatic rings. The fourth-order valence-electron chi connectivity index (χ4n) is 1.23. The molecule has 4 nitrogen and oxygen atoms in total. The third kappa shape index (κ3) is 1.76. The van der Waals surface area contributed by atoms with Crippen LogP contribution < -0.4 is 0 Å². The van der Waals surface area contributed by atoms with E-state index in [1.807, 2.05) is 0 Å². The topological polar surface area (TPSA) is 52.1 Å². The molecule has 0 fully saturated rings. The number of halogens is 1. The number of esters is 1. The highest BCUT2D eigenvalue weighted by Gasteiger charge is 2.07. The van der Waals surface area contributed by atoms with Crippen LogP contribution in [0.25, 0.3) is 11.0 Å². The van der Waals surface area contributed by atoms with Gasteiger partial charge in [0.2, 0.25) is 5.95 Å². The van der Waals surface area contributed by atoms with E-state index in [2.05, 4.69) is 14.7 Å². The molecule has 1 aromatic carbocycles. The number of hydrogen-bond donors (Lipinski definition) is 0. The first kappa shape index (κ1) is 9.51. The summed E-state index contributed by atoms with van der Waals surface area (Å²) in [5.41, 5.74) is 1.19. The van der Waals surface area contributed by atoms with E-state index in [4.69, 9.17) is 0 Å². The van der Waals surface area contributed by atoms with Gasteiger partial charge < -0.3 is 4.74 Å². The fraction of sp³-hybridized carbons (Fsp3) is 0.100. The lowest BCUT2D eigenvalue weighted by molar-refractivity contribution is 0.0601. The molecule has 5 heteroatoms. The maximum atomic E-state index is 12.8. The van der Waals surface area contributed by atoms with Crippen LogP contribution in [0.3, 0.4) is 0 Å². The van der Waals surface area contributed by atoms with E-state index in [-0.39, 0.29) is 0 Å². The molecule has 0 aliphatic rings. The molecule has 76 valence electrons. The number of benzene rings is 1. The number of carbonyl (C=O) groups excluding carboxylic acids is 1. The normalized spacial score (nSPS) is 10.3. The van der Waals surface area contributed by atoms with Crippen molar-refractivity contribution in [2.45, 2.75) is 0 Å². The summed E-state index contributed by atoms with van der Waals surface area (Å²) >= 11 is 0. The molecule has 0 N–H and O–H groups in total. The molecule has 0 unspecified atom stereocenters. The van der Waals surface area contributed by atoms with Crippen molar-refractivity contribution in [3.8, 4) is 0 Å². The van der Waals surface area contributed by atoms with Gasteiger partial charge in [-0.2, -0.15) is 4.39 Å². The lowest BCUT2D eigenvalue weighted by Crippen LogP contribution is -2.01. The maximum absolute atomic E-state index is 12.8. The van der Waals surface area contributed by atoms with Gasteiger partial charge in [0.1, 0.15) is 0 Å². The number of nitrogens with zero attached hydrogens (tertiary/aromatic N) is 2. The van der Waals surface area contributed by atoms with Gasteiger partial charge in [-0.15, -0.1) is 0 Å². The van der Waals surface area contributed by atoms with Crippen LogP contribution >= 0.6 is 0 Å². The first-order valence-electron chi connectivity index (χ1n) is 4.21. The van der Waals surface area contributed by atoms with Crippen molar-refractivity contribution in [1.82, 2.24) is 9.97 Å². The molecule has 0 saturated heterocycles. The summed E-state index contributed by atoms with van der Waals surface area (Å²) in [5, 5.41) is 0. The molecule has 1 aromatic heterocycles. The Labute approximate surface area is 84.7 Å². The second-order valence-electron chi connectivity index (χ2n) is 2.89. The molecule has 0 saturated carbocycles. The molecule has 0 aliphatic heterocycles. The van der Waals surface area contributed by atoms with E-state index in [0.29, 0.717) is 16.6 Å². The minimum atomic E-state index is -0.676. The second-order valence-corrected chi connectivity index (χ2v) is 2.89. The zero-order chi connectivity index (χ0) is 10.8. The Kier molecular flexibility index (Phi) is 2.29. The molecule has 0 spiro atoms. The predicted molar refractivity (Wildman–Crippen MR) is 50.8 cm³/mol. The number of rotatable bonds is 1. The molecular formula is C10H7FN2O2. The van der Waals surface area contributed by atoms with Gasteiger partial charge in [0.05, 0.1) is 29.9 Å². The Morgan fingerprint density at radius 2 is 2.20 bits per heavy atom. The Bertz CT molecular complexity index is 528. The Morgan fingerprint density at radius 1 is 1.40 bits per heavy atom. The van der Waals surface area contributed by atoms with Crippen molar-refractivity contribution in [1.29, 1.82) is 0 Å². The van der Waals surface area contributed by atoms with Crippen molar-refractivity contribution in [2.75, 3.05) is 7.11 Å². The van der Waals surface area contributed by atoms with Crippen LogP contribution in [0.2, 0.25) is 0 Å². The molecule has 0 bridgehead atoms. The summed E-state index contributed by atoms with van der Waals surface area (Å²) in [6, 6.07) is 4.59. The largest absolute Gasteiger partial charge is 0.465 e. The summed E-state index contributed by atoms with van der Waals surface area (Å²) in [7, 11) is 1.28. The van der Waals surface area contributed by atoms with Crippen molar-refractivity contribution in [2.24, 2.45) is 0 Å². The van der Waals surface area contributed by atoms with Gasteiger partial charge in [-0.3, -0.25) is 0 Å². The number of aromatic nitrogens is 2. The average Bonchev–Trinajstić information content (AvgIpc) is 2.27. The van der Waals surface area contributed by atoms with E-state index in [1.54, 1.807) is 12.1 Å². The minimum Gasteiger partial charge on any atom is -0.465 e. The van der Waals surface area contributed by atoms with Gasteiger partial charge in [-0.1, -0.05) is 0 Å². The summed E-state index contributed by atoms with van der Waals surface area (Å²) < 4.78 is 17.3.